The van der Waals surface area contributed by atoms with Crippen LogP contribution in [0.1, 0.15) is 5.56 Å². The normalized spacial score (nSPS) is 8.50. The van der Waals surface area contributed by atoms with Gasteiger partial charge >= 0.3 is 0 Å². The molecule has 3 nitrogen and oxygen atoms in total. The second kappa shape index (κ2) is 3.87. The average Bonchev–Trinajstić information content (AvgIpc) is 1.90. The minimum Gasteiger partial charge on any atom is -0.508 e. The van der Waals surface area contributed by atoms with Gasteiger partial charge in [-0.05, 0) is 17.7 Å². The maximum atomic E-state index is 8.81. The van der Waals surface area contributed by atoms with E-state index in [1.807, 2.05) is 0 Å². The van der Waals surface area contributed by atoms with Gasteiger partial charge in [-0.2, -0.15) is 0 Å². The first kappa shape index (κ1) is 8.94. The van der Waals surface area contributed by atoms with Crippen LogP contribution in [0.15, 0.2) is 24.3 Å². The molecule has 0 aromatic heterocycles. The van der Waals surface area contributed by atoms with Crippen molar-refractivity contribution in [2.75, 3.05) is 0 Å². The van der Waals surface area contributed by atoms with Crippen molar-refractivity contribution in [1.29, 1.82) is 0 Å². The summed E-state index contributed by atoms with van der Waals surface area (Å²) in [5.74, 6) is 0.284. The molecule has 1 aromatic rings. The molecule has 0 fully saturated rings. The van der Waals surface area contributed by atoms with Crippen LogP contribution in [0.4, 0.5) is 0 Å². The molecule has 0 aliphatic rings. The van der Waals surface area contributed by atoms with E-state index in [0.29, 0.717) is 6.54 Å². The molecule has 0 spiro atoms. The zero-order valence-electron chi connectivity index (χ0n) is 5.54. The summed E-state index contributed by atoms with van der Waals surface area (Å²) in [6, 6.07) is 6.86. The van der Waals surface area contributed by atoms with E-state index in [2.05, 4.69) is 0 Å². The van der Waals surface area contributed by atoms with Gasteiger partial charge in [0.1, 0.15) is 5.75 Å². The Bertz CT molecular complexity index is 183. The van der Waals surface area contributed by atoms with Crippen molar-refractivity contribution >= 4 is 0 Å². The molecule has 0 bridgehead atoms. The monoisotopic (exact) mass is 141 g/mol. The Morgan fingerprint density at radius 3 is 2.10 bits per heavy atom. The smallest absolute Gasteiger partial charge is 0.115 e. The van der Waals surface area contributed by atoms with Gasteiger partial charge in [0, 0.05) is 6.54 Å². The molecule has 0 atom stereocenters. The minimum atomic E-state index is 0. The molecule has 0 aliphatic carbocycles. The highest BCUT2D eigenvalue weighted by Crippen LogP contribution is 2.08. The van der Waals surface area contributed by atoms with Gasteiger partial charge in [-0.25, -0.2) is 0 Å². The summed E-state index contributed by atoms with van der Waals surface area (Å²) in [5.41, 5.74) is 6.35. The number of nitrogens with two attached hydrogens (primary N) is 1. The van der Waals surface area contributed by atoms with Crippen molar-refractivity contribution < 1.29 is 10.6 Å². The van der Waals surface area contributed by atoms with Crippen molar-refractivity contribution in [1.82, 2.24) is 0 Å². The van der Waals surface area contributed by atoms with Crippen molar-refractivity contribution in [2.45, 2.75) is 6.54 Å². The van der Waals surface area contributed by atoms with E-state index in [1.54, 1.807) is 24.3 Å². The average molecular weight is 141 g/mol. The van der Waals surface area contributed by atoms with Crippen molar-refractivity contribution in [3.63, 3.8) is 0 Å². The van der Waals surface area contributed by atoms with Crippen LogP contribution in [0.5, 0.6) is 5.75 Å². The van der Waals surface area contributed by atoms with Gasteiger partial charge in [0.25, 0.3) is 0 Å². The molecule has 5 N–H and O–H groups in total. The van der Waals surface area contributed by atoms with Crippen LogP contribution < -0.4 is 5.73 Å². The summed E-state index contributed by atoms with van der Waals surface area (Å²) in [5, 5.41) is 8.81. The molecular formula is C7H11NO2. The van der Waals surface area contributed by atoms with Crippen molar-refractivity contribution in [3.8, 4) is 5.75 Å². The molecule has 0 saturated heterocycles. The first-order valence-corrected chi connectivity index (χ1v) is 2.81. The van der Waals surface area contributed by atoms with E-state index >= 15 is 0 Å². The molecule has 1 rings (SSSR count). The topological polar surface area (TPSA) is 77.8 Å². The van der Waals surface area contributed by atoms with Crippen LogP contribution in [0.2, 0.25) is 0 Å². The Kier molecular flexibility index (Phi) is 3.46. The number of hydrogen-bond acceptors (Lipinski definition) is 2. The number of benzene rings is 1. The summed E-state index contributed by atoms with van der Waals surface area (Å²) in [6.45, 7) is 0.528. The maximum absolute atomic E-state index is 8.81. The molecule has 0 heterocycles. The quantitative estimate of drug-likeness (QED) is 0.578. The highest BCUT2D eigenvalue weighted by Gasteiger charge is 1.86. The first-order chi connectivity index (χ1) is 4.33. The van der Waals surface area contributed by atoms with Crippen LogP contribution in [0, 0.1) is 0 Å². The highest BCUT2D eigenvalue weighted by atomic mass is 16.3. The molecule has 0 unspecified atom stereocenters. The number of hydrogen-bond donors (Lipinski definition) is 2. The predicted octanol–water partition coefficient (Wildman–Crippen LogP) is 0.0262. The van der Waals surface area contributed by atoms with Gasteiger partial charge in [-0.15, -0.1) is 0 Å². The van der Waals surface area contributed by atoms with E-state index in [1.165, 1.54) is 0 Å². The Morgan fingerprint density at radius 1 is 1.20 bits per heavy atom. The van der Waals surface area contributed by atoms with Crippen LogP contribution >= 0.6 is 0 Å². The Labute approximate surface area is 59.4 Å². The predicted molar refractivity (Wildman–Crippen MR) is 39.6 cm³/mol. The van der Waals surface area contributed by atoms with Crippen LogP contribution in [0.25, 0.3) is 0 Å². The highest BCUT2D eigenvalue weighted by molar-refractivity contribution is 5.25. The number of phenolic OH excluding ortho intramolecular Hbond substituents is 1. The maximum Gasteiger partial charge on any atom is 0.115 e. The largest absolute Gasteiger partial charge is 0.508 e. The van der Waals surface area contributed by atoms with Crippen molar-refractivity contribution in [2.24, 2.45) is 5.73 Å². The third-order valence-electron chi connectivity index (χ3n) is 1.17. The Hall–Kier alpha value is -1.06. The second-order valence-electron chi connectivity index (χ2n) is 1.87. The third kappa shape index (κ3) is 2.05. The molecule has 0 amide bonds. The second-order valence-corrected chi connectivity index (χ2v) is 1.87. The number of aromatic hydroxyl groups is 1. The minimum absolute atomic E-state index is 0. The standard InChI is InChI=1S/C7H9NO.H2O/c8-5-6-1-3-7(9)4-2-6;/h1-4,9H,5,8H2;1H2. The fourth-order valence-corrected chi connectivity index (χ4v) is 0.632. The van der Waals surface area contributed by atoms with Gasteiger partial charge in [0.05, 0.1) is 0 Å². The summed E-state index contributed by atoms with van der Waals surface area (Å²) in [4.78, 5) is 0. The summed E-state index contributed by atoms with van der Waals surface area (Å²) >= 11 is 0. The lowest BCUT2D eigenvalue weighted by Crippen LogP contribution is -1.94. The number of phenols is 1. The third-order valence-corrected chi connectivity index (χ3v) is 1.17. The Morgan fingerprint density at radius 2 is 1.70 bits per heavy atom. The summed E-state index contributed by atoms with van der Waals surface area (Å²) in [7, 11) is 0. The molecule has 10 heavy (non-hydrogen) atoms. The molecule has 3 heteroatoms. The van der Waals surface area contributed by atoms with E-state index in [4.69, 9.17) is 10.8 Å². The lowest BCUT2D eigenvalue weighted by Gasteiger charge is -1.93. The zero-order chi connectivity index (χ0) is 6.69. The Balaban J connectivity index is 0.000000810. The summed E-state index contributed by atoms with van der Waals surface area (Å²) < 4.78 is 0. The fourth-order valence-electron chi connectivity index (χ4n) is 0.632. The molecule has 0 saturated carbocycles. The van der Waals surface area contributed by atoms with E-state index in [-0.39, 0.29) is 11.2 Å². The van der Waals surface area contributed by atoms with Crippen LogP contribution in [-0.2, 0) is 6.54 Å². The lowest BCUT2D eigenvalue weighted by molar-refractivity contribution is 0.475. The van der Waals surface area contributed by atoms with Gasteiger partial charge in [-0.3, -0.25) is 0 Å². The zero-order valence-corrected chi connectivity index (χ0v) is 5.54. The van der Waals surface area contributed by atoms with Crippen LogP contribution in [-0.4, -0.2) is 10.6 Å². The van der Waals surface area contributed by atoms with Crippen molar-refractivity contribution in [3.05, 3.63) is 29.8 Å². The van der Waals surface area contributed by atoms with E-state index in [9.17, 15) is 0 Å². The molecular weight excluding hydrogens is 130 g/mol. The summed E-state index contributed by atoms with van der Waals surface area (Å²) in [6.07, 6.45) is 0. The first-order valence-electron chi connectivity index (χ1n) is 2.81. The molecule has 56 valence electrons. The van der Waals surface area contributed by atoms with Gasteiger partial charge in [-0.1, -0.05) is 12.1 Å². The molecule has 0 radical (unpaired) electrons. The van der Waals surface area contributed by atoms with Gasteiger partial charge in [0.15, 0.2) is 0 Å². The van der Waals surface area contributed by atoms with Gasteiger partial charge in [0.2, 0.25) is 0 Å². The van der Waals surface area contributed by atoms with Crippen LogP contribution in [0.3, 0.4) is 0 Å². The van der Waals surface area contributed by atoms with E-state index < -0.39 is 0 Å². The van der Waals surface area contributed by atoms with Gasteiger partial charge < -0.3 is 16.3 Å². The lowest BCUT2D eigenvalue weighted by atomic mass is 10.2. The van der Waals surface area contributed by atoms with E-state index in [0.717, 1.165) is 5.56 Å². The molecule has 1 aromatic carbocycles. The fraction of sp³-hybridized carbons (Fsp3) is 0.143. The molecule has 0 aliphatic heterocycles. The SMILES string of the molecule is NCc1ccc(O)cc1.O. The number of rotatable bonds is 1.